The summed E-state index contributed by atoms with van der Waals surface area (Å²) < 4.78 is 2.19. The van der Waals surface area contributed by atoms with Crippen LogP contribution in [-0.2, 0) is 12.0 Å². The maximum Gasteiger partial charge on any atom is 0.127 e. The van der Waals surface area contributed by atoms with Crippen LogP contribution < -0.4 is 5.73 Å². The lowest BCUT2D eigenvalue weighted by molar-refractivity contribution is -0.00670. The second kappa shape index (κ2) is 3.77. The average molecular weight is 259 g/mol. The average Bonchev–Trinajstić information content (AvgIpc) is 2.63. The van der Waals surface area contributed by atoms with E-state index in [1.807, 2.05) is 0 Å². The molecule has 0 saturated heterocycles. The molecule has 0 aliphatic heterocycles. The highest BCUT2D eigenvalue weighted by atomic mass is 15.1. The maximum absolute atomic E-state index is 6.44. The van der Waals surface area contributed by atoms with Gasteiger partial charge in [0.2, 0.25) is 0 Å². The first kappa shape index (κ1) is 11.8. The van der Waals surface area contributed by atoms with Gasteiger partial charge in [0, 0.05) is 12.0 Å². The maximum atomic E-state index is 6.44. The van der Waals surface area contributed by atoms with Crippen LogP contribution in [0.15, 0.2) is 0 Å². The minimum absolute atomic E-state index is 0.337. The van der Waals surface area contributed by atoms with Gasteiger partial charge in [0.05, 0.1) is 5.69 Å². The van der Waals surface area contributed by atoms with Crippen LogP contribution in [0.4, 0.5) is 5.82 Å². The molecule has 2 N–H and O–H groups in total. The molecule has 0 amide bonds. The summed E-state index contributed by atoms with van der Waals surface area (Å²) in [6, 6.07) is 0. The Balaban J connectivity index is 1.79. The van der Waals surface area contributed by atoms with Crippen LogP contribution in [0.2, 0.25) is 0 Å². The van der Waals surface area contributed by atoms with E-state index in [1.165, 1.54) is 44.2 Å². The number of aromatic nitrogens is 2. The summed E-state index contributed by atoms with van der Waals surface area (Å²) in [6.45, 7) is 5.20. The Labute approximate surface area is 115 Å². The molecule has 5 rings (SSSR count). The second-order valence-corrected chi connectivity index (χ2v) is 7.34. The number of hydrogen-bond acceptors (Lipinski definition) is 2. The number of hydrogen-bond donors (Lipinski definition) is 1. The van der Waals surface area contributed by atoms with Crippen LogP contribution in [0.5, 0.6) is 0 Å². The zero-order valence-electron chi connectivity index (χ0n) is 12.2. The van der Waals surface area contributed by atoms with Crippen LogP contribution in [0.3, 0.4) is 0 Å². The molecule has 0 spiro atoms. The molecule has 4 aliphatic rings. The van der Waals surface area contributed by atoms with Crippen molar-refractivity contribution in [1.82, 2.24) is 9.55 Å². The lowest BCUT2D eigenvalue weighted by Crippen LogP contribution is -2.49. The summed E-state index contributed by atoms with van der Waals surface area (Å²) in [5, 5.41) is 0. The number of rotatable bonds is 2. The van der Waals surface area contributed by atoms with Crippen LogP contribution in [0.1, 0.15) is 57.0 Å². The van der Waals surface area contributed by atoms with E-state index in [1.54, 1.807) is 0 Å². The normalized spacial score (nSPS) is 40.0. The molecule has 4 saturated carbocycles. The molecular formula is C16H25N3. The zero-order valence-corrected chi connectivity index (χ0v) is 12.2. The van der Waals surface area contributed by atoms with Crippen molar-refractivity contribution in [2.45, 2.75) is 64.3 Å². The van der Waals surface area contributed by atoms with Gasteiger partial charge in [-0.05, 0) is 70.1 Å². The number of imidazole rings is 1. The fourth-order valence-electron chi connectivity index (χ4n) is 5.77. The van der Waals surface area contributed by atoms with Gasteiger partial charge in [0.25, 0.3) is 0 Å². The van der Waals surface area contributed by atoms with Crippen molar-refractivity contribution < 1.29 is 0 Å². The van der Waals surface area contributed by atoms with Crippen LogP contribution in [0.25, 0.3) is 0 Å². The minimum atomic E-state index is 0.337. The lowest BCUT2D eigenvalue weighted by Gasteiger charge is -2.56. The predicted molar refractivity (Wildman–Crippen MR) is 76.9 cm³/mol. The third-order valence-corrected chi connectivity index (χ3v) is 6.05. The van der Waals surface area contributed by atoms with E-state index in [9.17, 15) is 0 Å². The summed E-state index contributed by atoms with van der Waals surface area (Å²) in [6.07, 6.45) is 8.49. The molecule has 0 aromatic carbocycles. The molecule has 4 aliphatic carbocycles. The molecule has 19 heavy (non-hydrogen) atoms. The molecule has 1 aromatic heterocycles. The number of nitrogens with two attached hydrogens (primary N) is 1. The molecule has 4 fully saturated rings. The molecule has 4 bridgehead atoms. The van der Waals surface area contributed by atoms with Crippen molar-refractivity contribution in [2.75, 3.05) is 5.73 Å². The van der Waals surface area contributed by atoms with Crippen LogP contribution >= 0.6 is 0 Å². The van der Waals surface area contributed by atoms with E-state index < -0.39 is 0 Å². The van der Waals surface area contributed by atoms with Gasteiger partial charge in [0.15, 0.2) is 0 Å². The van der Waals surface area contributed by atoms with E-state index in [4.69, 9.17) is 10.7 Å². The first-order valence-corrected chi connectivity index (χ1v) is 7.94. The Morgan fingerprint density at radius 3 is 2.11 bits per heavy atom. The first-order chi connectivity index (χ1) is 9.11. The topological polar surface area (TPSA) is 43.8 Å². The highest BCUT2D eigenvalue weighted by Crippen LogP contribution is 2.61. The van der Waals surface area contributed by atoms with E-state index in [0.717, 1.165) is 35.9 Å². The Morgan fingerprint density at radius 2 is 1.68 bits per heavy atom. The van der Waals surface area contributed by atoms with Crippen molar-refractivity contribution in [3.63, 3.8) is 0 Å². The molecule has 3 nitrogen and oxygen atoms in total. The fraction of sp³-hybridized carbons (Fsp3) is 0.812. The van der Waals surface area contributed by atoms with Gasteiger partial charge in [-0.2, -0.15) is 0 Å². The summed E-state index contributed by atoms with van der Waals surface area (Å²) in [5.74, 6) is 4.93. The number of nitrogen functional groups attached to an aromatic ring is 1. The third kappa shape index (κ3) is 1.53. The second-order valence-electron chi connectivity index (χ2n) is 7.34. The largest absolute Gasteiger partial charge is 0.384 e. The highest BCUT2D eigenvalue weighted by Gasteiger charge is 2.53. The predicted octanol–water partition coefficient (Wildman–Crippen LogP) is 3.26. The van der Waals surface area contributed by atoms with Crippen molar-refractivity contribution in [3.8, 4) is 0 Å². The third-order valence-electron chi connectivity index (χ3n) is 6.05. The smallest absolute Gasteiger partial charge is 0.127 e. The van der Waals surface area contributed by atoms with E-state index >= 15 is 0 Å². The molecule has 1 heterocycles. The van der Waals surface area contributed by atoms with Crippen molar-refractivity contribution in [3.05, 3.63) is 11.5 Å². The van der Waals surface area contributed by atoms with Gasteiger partial charge in [-0.25, -0.2) is 4.98 Å². The number of aryl methyl sites for hydroxylation is 1. The monoisotopic (exact) mass is 259 g/mol. The molecule has 0 unspecified atom stereocenters. The molecular weight excluding hydrogens is 234 g/mol. The van der Waals surface area contributed by atoms with Gasteiger partial charge in [-0.15, -0.1) is 0 Å². The number of anilines is 1. The van der Waals surface area contributed by atoms with Crippen molar-refractivity contribution >= 4 is 5.82 Å². The Kier molecular flexibility index (Phi) is 2.34. The first-order valence-electron chi connectivity index (χ1n) is 7.94. The summed E-state index contributed by atoms with van der Waals surface area (Å²) in [5.41, 5.74) is 8.03. The minimum Gasteiger partial charge on any atom is -0.384 e. The summed E-state index contributed by atoms with van der Waals surface area (Å²) in [4.78, 5) is 4.91. The van der Waals surface area contributed by atoms with Crippen LogP contribution in [-0.4, -0.2) is 9.55 Å². The van der Waals surface area contributed by atoms with E-state index in [0.29, 0.717) is 5.41 Å². The summed E-state index contributed by atoms with van der Waals surface area (Å²) in [7, 11) is 0. The van der Waals surface area contributed by atoms with Crippen LogP contribution in [0, 0.1) is 24.7 Å². The Morgan fingerprint density at radius 1 is 1.16 bits per heavy atom. The SMILES string of the molecule is CCn1c(C)nc(C23CC4CC(CC(C4)C2)C3)c1N. The quantitative estimate of drug-likeness (QED) is 0.886. The lowest BCUT2D eigenvalue weighted by atomic mass is 9.49. The molecule has 0 atom stereocenters. The van der Waals surface area contributed by atoms with E-state index in [2.05, 4.69) is 18.4 Å². The summed E-state index contributed by atoms with van der Waals surface area (Å²) >= 11 is 0. The molecule has 0 radical (unpaired) electrons. The Bertz CT molecular complexity index is 479. The number of nitrogens with zero attached hydrogens (tertiary/aromatic N) is 2. The Hall–Kier alpha value is -0.990. The standard InChI is InChI=1S/C16H25N3/c1-3-19-10(2)18-14(15(19)17)16-7-11-4-12(8-16)6-13(5-11)9-16/h11-13H,3-9,17H2,1-2H3. The van der Waals surface area contributed by atoms with Crippen molar-refractivity contribution in [2.24, 2.45) is 17.8 Å². The molecule has 1 aromatic rings. The van der Waals surface area contributed by atoms with Crippen molar-refractivity contribution in [1.29, 1.82) is 0 Å². The molecule has 3 heteroatoms. The van der Waals surface area contributed by atoms with Gasteiger partial charge < -0.3 is 10.3 Å². The van der Waals surface area contributed by atoms with E-state index in [-0.39, 0.29) is 0 Å². The van der Waals surface area contributed by atoms with Gasteiger partial charge in [0.1, 0.15) is 11.6 Å². The highest BCUT2D eigenvalue weighted by molar-refractivity contribution is 5.44. The van der Waals surface area contributed by atoms with Gasteiger partial charge in [-0.3, -0.25) is 0 Å². The fourth-order valence-corrected chi connectivity index (χ4v) is 5.77. The van der Waals surface area contributed by atoms with Gasteiger partial charge in [-0.1, -0.05) is 0 Å². The zero-order chi connectivity index (χ0) is 13.2. The van der Waals surface area contributed by atoms with Gasteiger partial charge >= 0.3 is 0 Å². The molecule has 104 valence electrons.